The number of benzene rings is 4. The van der Waals surface area contributed by atoms with Crippen LogP contribution in [0.15, 0.2) is 78.9 Å². The van der Waals surface area contributed by atoms with Crippen molar-refractivity contribution in [2.75, 3.05) is 82.6 Å². The number of methoxy groups -OCH3 is 3. The maximum absolute atomic E-state index is 14.6. The number of nitrogens with one attached hydrogen (secondary N) is 4. The summed E-state index contributed by atoms with van der Waals surface area (Å²) in [6, 6.07) is 12.3. The molecule has 5 aliphatic rings. The molecular weight excluding hydrogens is 1410 g/mol. The van der Waals surface area contributed by atoms with E-state index < -0.39 is 138 Å². The van der Waals surface area contributed by atoms with Gasteiger partial charge in [0.05, 0.1) is 87.4 Å². The Balaban J connectivity index is 0.843. The molecule has 33 heteroatoms. The number of hydrogen-bond acceptors (Lipinski definition) is 24. The van der Waals surface area contributed by atoms with E-state index in [0.29, 0.717) is 55.7 Å². The Morgan fingerprint density at radius 1 is 0.657 bits per heavy atom. The van der Waals surface area contributed by atoms with Gasteiger partial charge in [-0.05, 0) is 119 Å². The van der Waals surface area contributed by atoms with Crippen molar-refractivity contribution in [3.63, 3.8) is 0 Å². The number of aliphatic hydroxyl groups excluding tert-OH is 5. The number of amides is 8. The van der Waals surface area contributed by atoms with Gasteiger partial charge in [-0.25, -0.2) is 24.2 Å². The molecule has 8 amide bonds. The highest BCUT2D eigenvalue weighted by Gasteiger charge is 2.52. The first-order valence-electron chi connectivity index (χ1n) is 35.5. The summed E-state index contributed by atoms with van der Waals surface area (Å²) in [5.74, 6) is -4.86. The molecule has 11 atom stereocenters. The van der Waals surface area contributed by atoms with Crippen LogP contribution in [0.3, 0.4) is 0 Å². The van der Waals surface area contributed by atoms with Crippen molar-refractivity contribution in [1.29, 1.82) is 0 Å². The number of carboxylic acids is 1. The Labute approximate surface area is 624 Å². The minimum absolute atomic E-state index is 0.00799. The van der Waals surface area contributed by atoms with E-state index in [0.717, 1.165) is 9.80 Å². The third-order valence-electron chi connectivity index (χ3n) is 18.7. The molecule has 4 aromatic carbocycles. The number of rotatable bonds is 30. The largest absolute Gasteiger partial charge is 0.493 e. The lowest BCUT2D eigenvalue weighted by Crippen LogP contribution is -2.61. The Bertz CT molecular complexity index is 3980. The summed E-state index contributed by atoms with van der Waals surface area (Å²) in [6.07, 6.45) is -13.4. The predicted molar refractivity (Wildman–Crippen MR) is 385 cm³/mol. The number of nitrogens with zero attached hydrogens (tertiary/aromatic N) is 4. The molecule has 0 radical (unpaired) electrons. The van der Waals surface area contributed by atoms with Gasteiger partial charge < -0.3 is 109 Å². The topological polar surface area (TPSA) is 428 Å². The minimum Gasteiger partial charge on any atom is -0.493 e. The van der Waals surface area contributed by atoms with E-state index in [2.05, 4.69) is 27.8 Å². The monoisotopic (exact) mass is 1510 g/mol. The summed E-state index contributed by atoms with van der Waals surface area (Å²) in [6.45, 7) is 18.6. The van der Waals surface area contributed by atoms with Gasteiger partial charge in [-0.1, -0.05) is 58.0 Å². The zero-order valence-electron chi connectivity index (χ0n) is 62.3. The van der Waals surface area contributed by atoms with E-state index in [-0.39, 0.29) is 121 Å². The standard InChI is InChI=1S/C75H98N8O25/c1-39(2)58(78-57(84)22-25-102-27-26-99-10)65(90)76-41(4)63(88)77-44-19-16-42(17-20-44)36-105-73(98)83-49-33-56(54(101-12)31-46(49)67(92)81-38-75(8,9)34-51(81)69(83)94)104-24-15-13-14-23-103-55-32-48-45(30-53(55)100-11)66(91)80-35-40(3)28-50(80)68(93)82(48)72(97)106-37-43-18-21-52(47(29-43)64(89)79-74(5,6)7)107-71-61(87)59(85)60(86)62(108-71)70(95)96/h16-21,29-33,39,41,50-51,58-62,68-69,71,85-87,93-94H,3,13-15,22-28,34-38H2,1-2,4-12H3,(H,76,90)(H,77,88)(H,78,84)(H,79,89)(H,95,96)/t41-,50-,51-,58-,59-,60-,61+,62-,68?,69?,71+/m0/s1. The number of fused-ring (bicyclic) bond motifs is 4. The second kappa shape index (κ2) is 35.4. The summed E-state index contributed by atoms with van der Waals surface area (Å²) in [7, 11) is 4.30. The van der Waals surface area contributed by atoms with Crippen LogP contribution in [0.4, 0.5) is 26.7 Å². The lowest BCUT2D eigenvalue weighted by atomic mass is 9.90. The number of carboxylic acid groups (broad SMARTS) is 1. The van der Waals surface area contributed by atoms with Crippen LogP contribution in [-0.4, -0.2) is 234 Å². The molecule has 10 N–H and O–H groups in total. The van der Waals surface area contributed by atoms with Crippen LogP contribution in [0.1, 0.15) is 136 Å². The normalized spacial score (nSPS) is 22.1. The average molecular weight is 1510 g/mol. The molecule has 0 bridgehead atoms. The third kappa shape index (κ3) is 19.5. The number of aliphatic hydroxyl groups is 5. The number of unbranched alkanes of at least 4 members (excludes halogenated alkanes) is 2. The molecule has 0 saturated carbocycles. The number of carbonyl (C=O) groups excluding carboxylic acids is 8. The number of ether oxygens (including phenoxy) is 10. The first kappa shape index (κ1) is 82.2. The van der Waals surface area contributed by atoms with Crippen LogP contribution in [0, 0.1) is 11.3 Å². The number of aliphatic carboxylic acids is 1. The fraction of sp³-hybridized carbons (Fsp3) is 0.533. The molecule has 3 fully saturated rings. The van der Waals surface area contributed by atoms with Crippen LogP contribution in [0.25, 0.3) is 0 Å². The molecule has 9 rings (SSSR count). The fourth-order valence-corrected chi connectivity index (χ4v) is 13.2. The summed E-state index contributed by atoms with van der Waals surface area (Å²) in [5.41, 5.74) is 0.176. The van der Waals surface area contributed by atoms with E-state index in [1.165, 1.54) is 75.6 Å². The van der Waals surface area contributed by atoms with Crippen molar-refractivity contribution in [3.05, 3.63) is 107 Å². The lowest BCUT2D eigenvalue weighted by Gasteiger charge is -2.38. The molecule has 3 saturated heterocycles. The van der Waals surface area contributed by atoms with Gasteiger partial charge in [0.1, 0.15) is 49.4 Å². The van der Waals surface area contributed by atoms with Crippen molar-refractivity contribution >= 4 is 70.7 Å². The summed E-state index contributed by atoms with van der Waals surface area (Å²) in [5, 5.41) is 76.3. The van der Waals surface area contributed by atoms with Crippen molar-refractivity contribution < 1.29 is 121 Å². The summed E-state index contributed by atoms with van der Waals surface area (Å²) >= 11 is 0. The highest BCUT2D eigenvalue weighted by molar-refractivity contribution is 6.07. The molecule has 2 unspecified atom stereocenters. The summed E-state index contributed by atoms with van der Waals surface area (Å²) in [4.78, 5) is 128. The molecule has 4 aromatic rings. The maximum Gasteiger partial charge on any atom is 0.416 e. The Morgan fingerprint density at radius 3 is 1.80 bits per heavy atom. The Hall–Kier alpha value is -9.87. The molecule has 0 aromatic heterocycles. The van der Waals surface area contributed by atoms with Crippen molar-refractivity contribution in [1.82, 2.24) is 25.8 Å². The van der Waals surface area contributed by atoms with Crippen LogP contribution in [0.2, 0.25) is 0 Å². The number of anilines is 3. The number of hydrogen-bond donors (Lipinski definition) is 10. The zero-order valence-corrected chi connectivity index (χ0v) is 62.3. The zero-order chi connectivity index (χ0) is 78.8. The smallest absolute Gasteiger partial charge is 0.416 e. The highest BCUT2D eigenvalue weighted by Crippen LogP contribution is 2.46. The van der Waals surface area contributed by atoms with Crippen molar-refractivity contribution in [2.24, 2.45) is 11.3 Å². The minimum atomic E-state index is -2.01. The van der Waals surface area contributed by atoms with Crippen LogP contribution >= 0.6 is 0 Å². The van der Waals surface area contributed by atoms with Crippen molar-refractivity contribution in [2.45, 2.75) is 180 Å². The second-order valence-corrected chi connectivity index (χ2v) is 29.2. The van der Waals surface area contributed by atoms with Crippen LogP contribution < -0.4 is 54.8 Å². The third-order valence-corrected chi connectivity index (χ3v) is 18.7. The van der Waals surface area contributed by atoms with Gasteiger partial charge in [-0.15, -0.1) is 0 Å². The van der Waals surface area contributed by atoms with E-state index >= 15 is 0 Å². The lowest BCUT2D eigenvalue weighted by molar-refractivity contribution is -0.271. The Kier molecular flexibility index (Phi) is 27.0. The van der Waals surface area contributed by atoms with Crippen LogP contribution in [-0.2, 0) is 56.1 Å². The van der Waals surface area contributed by atoms with Crippen molar-refractivity contribution in [3.8, 4) is 28.7 Å². The highest BCUT2D eigenvalue weighted by atomic mass is 16.7. The predicted octanol–water partition coefficient (Wildman–Crippen LogP) is 4.73. The molecule has 108 heavy (non-hydrogen) atoms. The van der Waals surface area contributed by atoms with Crippen LogP contribution in [0.5, 0.6) is 28.7 Å². The maximum atomic E-state index is 14.6. The molecule has 5 heterocycles. The quantitative estimate of drug-likeness (QED) is 0.0249. The van der Waals surface area contributed by atoms with Gasteiger partial charge in [0.15, 0.2) is 41.6 Å². The molecule has 5 aliphatic heterocycles. The number of carbonyl (C=O) groups is 9. The molecule has 588 valence electrons. The molecule has 0 aliphatic carbocycles. The van der Waals surface area contributed by atoms with Gasteiger partial charge in [-0.2, -0.15) is 0 Å². The first-order chi connectivity index (χ1) is 51.1. The van der Waals surface area contributed by atoms with Gasteiger partial charge in [-0.3, -0.25) is 28.8 Å². The van der Waals surface area contributed by atoms with E-state index in [1.54, 1.807) is 63.8 Å². The van der Waals surface area contributed by atoms with E-state index in [1.807, 2.05) is 13.8 Å². The first-order valence-corrected chi connectivity index (χ1v) is 35.5. The fourth-order valence-electron chi connectivity index (χ4n) is 13.2. The Morgan fingerprint density at radius 2 is 1.23 bits per heavy atom. The molecular formula is C75H98N8O25. The van der Waals surface area contributed by atoms with Gasteiger partial charge in [0.2, 0.25) is 24.0 Å². The van der Waals surface area contributed by atoms with Gasteiger partial charge in [0, 0.05) is 50.0 Å². The van der Waals surface area contributed by atoms with E-state index in [9.17, 15) is 73.8 Å². The SMILES string of the molecule is C=C1C[C@H]2C(O)N(C(=O)OCc3ccc(O[C@@H]4O[C@H](C(=O)O)[C@@H](O)[C@H](O)[C@H]4O)c(C(=O)NC(C)(C)C)c3)c3cc(OCCCCCOc4cc5c(cc4OC)C(=O)N4CC(C)(C)C[C@H]4C(O)N5C(=O)OCc4ccc(NC(=O)[C@H](C)NC(=O)[C@@H](NC(=O)CCOCCOC)C(C)C)cc4)c(OC)cc3C(=O)N2C1. The molecule has 33 nitrogen and oxygen atoms in total. The van der Waals surface area contributed by atoms with E-state index in [4.69, 9.17) is 47.4 Å². The van der Waals surface area contributed by atoms with Gasteiger partial charge in [0.25, 0.3) is 17.7 Å². The molecule has 0 spiro atoms. The second-order valence-electron chi connectivity index (χ2n) is 29.2. The van der Waals surface area contributed by atoms with Gasteiger partial charge >= 0.3 is 18.2 Å². The average Bonchev–Trinajstić information content (AvgIpc) is 1.59. The summed E-state index contributed by atoms with van der Waals surface area (Å²) < 4.78 is 57.1.